The maximum Gasteiger partial charge on any atom is 0.371 e. The van der Waals surface area contributed by atoms with Crippen LogP contribution < -0.4 is 14.1 Å². The summed E-state index contributed by atoms with van der Waals surface area (Å²) in [5, 5.41) is 0. The van der Waals surface area contributed by atoms with Crippen molar-refractivity contribution in [2.24, 2.45) is 0 Å². The number of rotatable bonds is 40. The second-order valence-electron chi connectivity index (χ2n) is 20.5. The Labute approximate surface area is 541 Å². The van der Waals surface area contributed by atoms with Crippen molar-refractivity contribution in [2.75, 3.05) is 52.9 Å². The molecule has 2 aromatic carbocycles. The third-order valence-electron chi connectivity index (χ3n) is 13.9. The van der Waals surface area contributed by atoms with E-state index in [2.05, 4.69) is 105 Å². The Kier molecular flexibility index (Phi) is 33.0. The minimum atomic E-state index is -3.57. The molecule has 0 radical (unpaired) electrons. The van der Waals surface area contributed by atoms with Crippen LogP contribution in [0.25, 0.3) is 61.3 Å². The molecule has 0 amide bonds. The maximum atomic E-state index is 14.5. The topological polar surface area (TPSA) is 125 Å². The molecule has 0 aliphatic carbocycles. The van der Waals surface area contributed by atoms with E-state index in [4.69, 9.17) is 36.8 Å². The standard InChI is InChI=1S/C64H81O10P3S5.C4H10O/c1-8-15-18-21-22-23-24-25-28-49-29-30-60(78-49)61-34-32-57(80-61)51-41-47(45-70-75-65)50(42-48(51)46-76(66,71-11-4)72-12-5)56-31-35-62(79-56)63-36-33-58(81-63)52-43-55(69-40-27-20-17-10-3)53(44-54(52)68-39-26-19-16-9-2)59-37-38-64(82-59)77(67,73-13-6)74-14-7;1-3-5-4-2/h29-38,41-44H,8-24,26-27,39-40,45-46H2,1-7H3;3-4H2,1-2H3. The van der Waals surface area contributed by atoms with Crippen molar-refractivity contribution >= 4 is 85.2 Å². The van der Waals surface area contributed by atoms with Crippen molar-refractivity contribution in [3.63, 3.8) is 0 Å². The summed E-state index contributed by atoms with van der Waals surface area (Å²) in [5.41, 5.74) is 5.26. The summed E-state index contributed by atoms with van der Waals surface area (Å²) in [5.74, 6) is 8.29. The fraction of sp³-hybridized carbons (Fsp3) is 0.500. The zero-order valence-corrected chi connectivity index (χ0v) is 59.4. The van der Waals surface area contributed by atoms with E-state index in [1.165, 1.54) is 43.4 Å². The molecule has 7 rings (SSSR count). The summed E-state index contributed by atoms with van der Waals surface area (Å²) in [7, 11) is -7.50. The lowest BCUT2D eigenvalue weighted by Crippen LogP contribution is -2.06. The van der Waals surface area contributed by atoms with Crippen LogP contribution in [0.4, 0.5) is 0 Å². The average Bonchev–Trinajstić information content (AvgIpc) is 1.95. The molecule has 5 heterocycles. The lowest BCUT2D eigenvalue weighted by molar-refractivity contribution is 0.162. The van der Waals surface area contributed by atoms with E-state index >= 15 is 0 Å². The first-order valence-electron chi connectivity index (χ1n) is 31.3. The van der Waals surface area contributed by atoms with Gasteiger partial charge in [0.05, 0.1) is 57.3 Å². The van der Waals surface area contributed by atoms with Gasteiger partial charge < -0.3 is 32.3 Å². The Bertz CT molecular complexity index is 3280. The van der Waals surface area contributed by atoms with Gasteiger partial charge in [-0.05, 0) is 168 Å². The molecule has 7 aromatic rings. The van der Waals surface area contributed by atoms with E-state index in [0.29, 0.717) is 17.8 Å². The van der Waals surface area contributed by atoms with Gasteiger partial charge in [-0.3, -0.25) is 13.7 Å². The Balaban J connectivity index is 0.00000232. The molecule has 5 aromatic heterocycles. The minimum absolute atomic E-state index is 0.0658. The molecular weight excluding hydrogens is 1250 g/mol. The predicted octanol–water partition coefficient (Wildman–Crippen LogP) is 23.4. The largest absolute Gasteiger partial charge is 0.493 e. The Morgan fingerprint density at radius 3 is 1.38 bits per heavy atom. The summed E-state index contributed by atoms with van der Waals surface area (Å²) in [4.78, 5) is 9.34. The second kappa shape index (κ2) is 39.6. The molecule has 0 unspecified atom stereocenters. The third-order valence-corrected chi connectivity index (χ3v) is 24.7. The van der Waals surface area contributed by atoms with Crippen molar-refractivity contribution < 1.29 is 50.5 Å². The molecule has 0 atom stereocenters. The molecule has 0 bridgehead atoms. The highest BCUT2D eigenvalue weighted by atomic mass is 32.1. The quantitative estimate of drug-likeness (QED) is 0.0207. The van der Waals surface area contributed by atoms with E-state index in [0.717, 1.165) is 166 Å². The molecule has 0 spiro atoms. The number of unbranched alkanes of at least 4 members (excludes halogenated alkanes) is 12. The summed E-state index contributed by atoms with van der Waals surface area (Å²) >= 11 is 8.11. The first-order chi connectivity index (χ1) is 42.4. The second-order valence-corrected chi connectivity index (χ2v) is 30.7. The summed E-state index contributed by atoms with van der Waals surface area (Å²) < 4.78 is 88.2. The molecule has 0 saturated heterocycles. The normalized spacial score (nSPS) is 11.7. The molecular formula is C68H91O11P3S5. The molecule has 11 nitrogen and oxygen atoms in total. The highest BCUT2D eigenvalue weighted by Gasteiger charge is 2.31. The van der Waals surface area contributed by atoms with Crippen molar-refractivity contribution in [1.29, 1.82) is 0 Å². The molecule has 19 heteroatoms. The fourth-order valence-electron chi connectivity index (χ4n) is 9.68. The average molecular weight is 1340 g/mol. The minimum Gasteiger partial charge on any atom is -0.493 e. The summed E-state index contributed by atoms with van der Waals surface area (Å²) in [6.07, 6.45) is 17.0. The van der Waals surface area contributed by atoms with Gasteiger partial charge in [0, 0.05) is 69.8 Å². The van der Waals surface area contributed by atoms with Crippen LogP contribution in [0.15, 0.2) is 84.9 Å². The number of hydrogen-bond donors (Lipinski definition) is 0. The maximum absolute atomic E-state index is 14.5. The zero-order valence-electron chi connectivity index (χ0n) is 52.6. The van der Waals surface area contributed by atoms with Gasteiger partial charge in [-0.15, -0.1) is 56.7 Å². The number of thiophene rings is 5. The van der Waals surface area contributed by atoms with Gasteiger partial charge in [0.15, 0.2) is 0 Å². The van der Waals surface area contributed by atoms with Crippen molar-refractivity contribution in [3.05, 3.63) is 101 Å². The number of hydrogen-bond acceptors (Lipinski definition) is 16. The monoisotopic (exact) mass is 1340 g/mol. The van der Waals surface area contributed by atoms with Crippen molar-refractivity contribution in [1.82, 2.24) is 0 Å². The fourth-order valence-corrected chi connectivity index (χ4v) is 18.9. The smallest absolute Gasteiger partial charge is 0.371 e. The Hall–Kier alpha value is -3.58. The van der Waals surface area contributed by atoms with Gasteiger partial charge in [-0.25, -0.2) is 4.57 Å². The number of benzene rings is 2. The van der Waals surface area contributed by atoms with Gasteiger partial charge in [0.2, 0.25) is 0 Å². The van der Waals surface area contributed by atoms with E-state index < -0.39 is 23.9 Å². The molecule has 0 fully saturated rings. The Morgan fingerprint density at radius 1 is 0.437 bits per heavy atom. The van der Waals surface area contributed by atoms with Crippen LogP contribution in [0.3, 0.4) is 0 Å². The third kappa shape index (κ3) is 22.4. The van der Waals surface area contributed by atoms with Crippen LogP contribution in [0, 0.1) is 11.8 Å². The van der Waals surface area contributed by atoms with Crippen LogP contribution in [0.1, 0.15) is 175 Å². The molecule has 0 aliphatic heterocycles. The molecule has 0 aliphatic rings. The molecule has 87 heavy (non-hydrogen) atoms. The lowest BCUT2D eigenvalue weighted by atomic mass is 9.97. The zero-order chi connectivity index (χ0) is 62.3. The molecule has 0 N–H and O–H groups in total. The first kappa shape index (κ1) is 72.5. The van der Waals surface area contributed by atoms with Crippen LogP contribution in [-0.2, 0) is 53.8 Å². The van der Waals surface area contributed by atoms with E-state index in [1.54, 1.807) is 45.3 Å². The van der Waals surface area contributed by atoms with Crippen LogP contribution in [0.2, 0.25) is 0 Å². The number of ether oxygens (including phenoxy) is 3. The highest BCUT2D eigenvalue weighted by molar-refractivity contribution is 7.69. The summed E-state index contributed by atoms with van der Waals surface area (Å²) in [6.45, 7) is 21.9. The van der Waals surface area contributed by atoms with Gasteiger partial charge in [0.1, 0.15) is 16.1 Å². The van der Waals surface area contributed by atoms with Crippen LogP contribution in [0.5, 0.6) is 11.5 Å². The van der Waals surface area contributed by atoms with E-state index in [-0.39, 0.29) is 39.2 Å². The van der Waals surface area contributed by atoms with Crippen LogP contribution in [-0.4, -0.2) is 52.9 Å². The first-order valence-corrected chi connectivity index (χ1v) is 39.4. The molecule has 0 saturated carbocycles. The van der Waals surface area contributed by atoms with Gasteiger partial charge >= 0.3 is 23.9 Å². The van der Waals surface area contributed by atoms with Crippen molar-refractivity contribution in [2.45, 2.75) is 171 Å². The van der Waals surface area contributed by atoms with Crippen LogP contribution >= 0.6 is 80.6 Å². The highest BCUT2D eigenvalue weighted by Crippen LogP contribution is 2.55. The van der Waals surface area contributed by atoms with E-state index in [1.807, 2.05) is 53.7 Å². The van der Waals surface area contributed by atoms with Gasteiger partial charge in [-0.2, -0.15) is 0 Å². The SMILES string of the molecule is CCCCCCCCC#Cc1ccc(-c2ccc(-c3cc(COP=O)c(-c4ccc(-c5ccc(-c6cc(OCCCCCC)c(-c7ccc(P(=O)(OCC)OCC)s7)cc6OCCCCCC)s5)s4)cc3CP(=O)(OCC)OCC)s2)s1.CCOCC. The van der Waals surface area contributed by atoms with Gasteiger partial charge in [0.25, 0.3) is 0 Å². The van der Waals surface area contributed by atoms with Crippen molar-refractivity contribution in [3.8, 4) is 84.6 Å². The lowest BCUT2D eigenvalue weighted by Gasteiger charge is -2.20. The summed E-state index contributed by atoms with van der Waals surface area (Å²) in [6, 6.07) is 29.3. The molecule has 474 valence electrons. The predicted molar refractivity (Wildman–Crippen MR) is 372 cm³/mol. The van der Waals surface area contributed by atoms with E-state index in [9.17, 15) is 13.7 Å². The van der Waals surface area contributed by atoms with Gasteiger partial charge in [-0.1, -0.05) is 103 Å². The Morgan fingerprint density at radius 2 is 0.874 bits per heavy atom.